The standard InChI is InChI=1S/C13H18N2S/c1-9-5-6-12-10(2)15(3)14-13(12)11(9)7-8-16-4/h7-8H,5-6H2,1-4H3/b8-7-. The first-order chi connectivity index (χ1) is 7.65. The van der Waals surface area contributed by atoms with Gasteiger partial charge >= 0.3 is 0 Å². The first-order valence-corrected chi connectivity index (χ1v) is 6.86. The number of allylic oxidation sites excluding steroid dienone is 3. The summed E-state index contributed by atoms with van der Waals surface area (Å²) >= 11 is 1.73. The summed E-state index contributed by atoms with van der Waals surface area (Å²) in [6.45, 7) is 4.37. The molecule has 0 aliphatic heterocycles. The number of aryl methyl sites for hydroxylation is 1. The molecule has 2 nitrogen and oxygen atoms in total. The van der Waals surface area contributed by atoms with Crippen LogP contribution in [-0.2, 0) is 13.5 Å². The summed E-state index contributed by atoms with van der Waals surface area (Å²) in [5.74, 6) is 0. The quantitative estimate of drug-likeness (QED) is 0.781. The number of nitrogens with zero attached hydrogens (tertiary/aromatic N) is 2. The van der Waals surface area contributed by atoms with Gasteiger partial charge in [0, 0.05) is 23.9 Å². The molecule has 1 aliphatic carbocycles. The molecule has 3 heteroatoms. The second-order valence-corrected chi connectivity index (χ2v) is 5.01. The minimum absolute atomic E-state index is 1.14. The van der Waals surface area contributed by atoms with Crippen LogP contribution < -0.4 is 0 Å². The van der Waals surface area contributed by atoms with Crippen LogP contribution >= 0.6 is 11.8 Å². The summed E-state index contributed by atoms with van der Waals surface area (Å²) in [5.41, 5.74) is 6.69. The molecule has 0 radical (unpaired) electrons. The zero-order valence-corrected chi connectivity index (χ0v) is 11.2. The highest BCUT2D eigenvalue weighted by atomic mass is 32.2. The third-order valence-electron chi connectivity index (χ3n) is 3.29. The number of fused-ring (bicyclic) bond motifs is 1. The van der Waals surface area contributed by atoms with Crippen molar-refractivity contribution in [3.8, 4) is 0 Å². The van der Waals surface area contributed by atoms with E-state index in [4.69, 9.17) is 0 Å². The lowest BCUT2D eigenvalue weighted by Gasteiger charge is -2.14. The first kappa shape index (κ1) is 11.5. The third kappa shape index (κ3) is 1.84. The van der Waals surface area contributed by atoms with E-state index < -0.39 is 0 Å². The van der Waals surface area contributed by atoms with Crippen molar-refractivity contribution in [1.82, 2.24) is 9.78 Å². The van der Waals surface area contributed by atoms with Gasteiger partial charge in [-0.05, 0) is 44.4 Å². The summed E-state index contributed by atoms with van der Waals surface area (Å²) in [5, 5.41) is 6.77. The van der Waals surface area contributed by atoms with Gasteiger partial charge in [0.05, 0.1) is 5.69 Å². The van der Waals surface area contributed by atoms with E-state index in [0.717, 1.165) is 12.8 Å². The molecule has 1 heterocycles. The van der Waals surface area contributed by atoms with Gasteiger partial charge in [0.25, 0.3) is 0 Å². The second kappa shape index (κ2) is 4.50. The van der Waals surface area contributed by atoms with Gasteiger partial charge in [-0.25, -0.2) is 0 Å². The fourth-order valence-electron chi connectivity index (χ4n) is 2.17. The molecule has 0 spiro atoms. The monoisotopic (exact) mass is 234 g/mol. The highest BCUT2D eigenvalue weighted by Gasteiger charge is 2.20. The van der Waals surface area contributed by atoms with Gasteiger partial charge in [-0.2, -0.15) is 5.10 Å². The van der Waals surface area contributed by atoms with Gasteiger partial charge in [0.2, 0.25) is 0 Å². The lowest BCUT2D eigenvalue weighted by Crippen LogP contribution is -2.01. The zero-order valence-electron chi connectivity index (χ0n) is 10.4. The average Bonchev–Trinajstić information content (AvgIpc) is 2.54. The molecule has 0 saturated carbocycles. The Hall–Kier alpha value is -0.960. The van der Waals surface area contributed by atoms with Gasteiger partial charge in [-0.15, -0.1) is 11.8 Å². The van der Waals surface area contributed by atoms with Gasteiger partial charge in [0.1, 0.15) is 0 Å². The lowest BCUT2D eigenvalue weighted by molar-refractivity contribution is 0.735. The molecular weight excluding hydrogens is 216 g/mol. The molecule has 0 atom stereocenters. The number of rotatable bonds is 2. The largest absolute Gasteiger partial charge is 0.272 e. The Balaban J connectivity index is 2.52. The highest BCUT2D eigenvalue weighted by Crippen LogP contribution is 2.33. The van der Waals surface area contributed by atoms with Crippen molar-refractivity contribution in [2.45, 2.75) is 26.7 Å². The van der Waals surface area contributed by atoms with E-state index in [-0.39, 0.29) is 0 Å². The van der Waals surface area contributed by atoms with E-state index in [9.17, 15) is 0 Å². The Labute approximate surface area is 101 Å². The molecule has 1 aromatic heterocycles. The van der Waals surface area contributed by atoms with Crippen LogP contribution in [0, 0.1) is 6.92 Å². The van der Waals surface area contributed by atoms with Crippen molar-refractivity contribution >= 4 is 17.3 Å². The smallest absolute Gasteiger partial charge is 0.0957 e. The van der Waals surface area contributed by atoms with E-state index in [2.05, 4.69) is 36.7 Å². The first-order valence-electron chi connectivity index (χ1n) is 5.57. The second-order valence-electron chi connectivity index (χ2n) is 4.27. The topological polar surface area (TPSA) is 17.8 Å². The van der Waals surface area contributed by atoms with Crippen LogP contribution in [-0.4, -0.2) is 16.0 Å². The number of hydrogen-bond donors (Lipinski definition) is 0. The van der Waals surface area contributed by atoms with Crippen LogP contribution in [0.25, 0.3) is 5.57 Å². The minimum Gasteiger partial charge on any atom is -0.272 e. The Morgan fingerprint density at radius 1 is 1.31 bits per heavy atom. The predicted octanol–water partition coefficient (Wildman–Crippen LogP) is 3.32. The zero-order chi connectivity index (χ0) is 11.7. The molecule has 0 amide bonds. The van der Waals surface area contributed by atoms with Gasteiger partial charge in [-0.1, -0.05) is 5.57 Å². The molecule has 0 N–H and O–H groups in total. The molecule has 16 heavy (non-hydrogen) atoms. The molecule has 86 valence electrons. The van der Waals surface area contributed by atoms with Crippen molar-refractivity contribution in [3.63, 3.8) is 0 Å². The van der Waals surface area contributed by atoms with Crippen LogP contribution in [0.2, 0.25) is 0 Å². The van der Waals surface area contributed by atoms with Crippen LogP contribution in [0.1, 0.15) is 30.3 Å². The molecule has 1 aliphatic rings. The van der Waals surface area contributed by atoms with Crippen molar-refractivity contribution in [1.29, 1.82) is 0 Å². The van der Waals surface area contributed by atoms with E-state index in [1.807, 2.05) is 11.7 Å². The maximum Gasteiger partial charge on any atom is 0.0957 e. The number of thioether (sulfide) groups is 1. The SMILES string of the molecule is CS/C=C\C1=C(C)CCc2c1nn(C)c2C. The average molecular weight is 234 g/mol. The Morgan fingerprint density at radius 3 is 2.75 bits per heavy atom. The molecule has 0 unspecified atom stereocenters. The number of aromatic nitrogens is 2. The highest BCUT2D eigenvalue weighted by molar-refractivity contribution is 8.01. The Morgan fingerprint density at radius 2 is 2.06 bits per heavy atom. The minimum atomic E-state index is 1.14. The van der Waals surface area contributed by atoms with Gasteiger partial charge in [-0.3, -0.25) is 4.68 Å². The molecule has 0 fully saturated rings. The summed E-state index contributed by atoms with van der Waals surface area (Å²) in [6.07, 6.45) is 6.58. The predicted molar refractivity (Wildman–Crippen MR) is 71.5 cm³/mol. The van der Waals surface area contributed by atoms with Gasteiger partial charge in [0.15, 0.2) is 0 Å². The maximum atomic E-state index is 4.63. The summed E-state index contributed by atoms with van der Waals surface area (Å²) in [7, 11) is 2.03. The fourth-order valence-corrected chi connectivity index (χ4v) is 2.45. The molecule has 0 aromatic carbocycles. The molecule has 0 bridgehead atoms. The molecule has 0 saturated heterocycles. The molecule has 2 rings (SSSR count). The molecule has 1 aromatic rings. The van der Waals surface area contributed by atoms with Crippen LogP contribution in [0.15, 0.2) is 17.1 Å². The van der Waals surface area contributed by atoms with E-state index in [1.165, 1.54) is 28.1 Å². The van der Waals surface area contributed by atoms with Crippen molar-refractivity contribution in [2.24, 2.45) is 7.05 Å². The van der Waals surface area contributed by atoms with E-state index >= 15 is 0 Å². The Bertz CT molecular complexity index is 467. The van der Waals surface area contributed by atoms with Crippen LogP contribution in [0.5, 0.6) is 0 Å². The van der Waals surface area contributed by atoms with Gasteiger partial charge < -0.3 is 0 Å². The summed E-state index contributed by atoms with van der Waals surface area (Å²) in [4.78, 5) is 0. The van der Waals surface area contributed by atoms with E-state index in [0.29, 0.717) is 0 Å². The maximum absolute atomic E-state index is 4.63. The van der Waals surface area contributed by atoms with Crippen molar-refractivity contribution in [3.05, 3.63) is 34.0 Å². The fraction of sp³-hybridized carbons (Fsp3) is 0.462. The van der Waals surface area contributed by atoms with Crippen LogP contribution in [0.4, 0.5) is 0 Å². The Kier molecular flexibility index (Phi) is 3.24. The van der Waals surface area contributed by atoms with Crippen LogP contribution in [0.3, 0.4) is 0 Å². The van der Waals surface area contributed by atoms with Crippen molar-refractivity contribution < 1.29 is 0 Å². The summed E-state index contributed by atoms with van der Waals surface area (Å²) in [6, 6.07) is 0. The lowest BCUT2D eigenvalue weighted by atomic mass is 9.90. The third-order valence-corrected chi connectivity index (χ3v) is 3.70. The number of hydrogen-bond acceptors (Lipinski definition) is 2. The van der Waals surface area contributed by atoms with Crippen molar-refractivity contribution in [2.75, 3.05) is 6.26 Å². The summed E-state index contributed by atoms with van der Waals surface area (Å²) < 4.78 is 2.00. The molecular formula is C13H18N2S. The van der Waals surface area contributed by atoms with E-state index in [1.54, 1.807) is 11.8 Å². The normalized spacial score (nSPS) is 16.0.